The van der Waals surface area contributed by atoms with Crippen LogP contribution in [-0.2, 0) is 6.42 Å². The van der Waals surface area contributed by atoms with Gasteiger partial charge in [-0.15, -0.1) is 0 Å². The van der Waals surface area contributed by atoms with Crippen LogP contribution in [0.15, 0.2) is 18.2 Å². The van der Waals surface area contributed by atoms with Gasteiger partial charge >= 0.3 is 6.03 Å². The lowest BCUT2D eigenvalue weighted by Crippen LogP contribution is -2.35. The van der Waals surface area contributed by atoms with Crippen LogP contribution in [-0.4, -0.2) is 43.0 Å². The molecule has 0 aliphatic heterocycles. The first kappa shape index (κ1) is 19.3. The third-order valence-electron chi connectivity index (χ3n) is 3.23. The summed E-state index contributed by atoms with van der Waals surface area (Å²) in [6.07, 6.45) is 0.218. The fraction of sp³-hybridized carbons (Fsp3) is 0.588. The number of aryl methyl sites for hydroxylation is 1. The van der Waals surface area contributed by atoms with Gasteiger partial charge in [-0.25, -0.2) is 4.79 Å². The maximum Gasteiger partial charge on any atom is 0.319 e. The number of nitrogens with one attached hydrogen (secondary N) is 3. The highest BCUT2D eigenvalue weighted by Gasteiger charge is 2.09. The predicted octanol–water partition coefficient (Wildman–Crippen LogP) is 2.13. The van der Waals surface area contributed by atoms with Gasteiger partial charge in [0.05, 0.1) is 0 Å². The molecule has 0 aliphatic carbocycles. The van der Waals surface area contributed by atoms with E-state index in [2.05, 4.69) is 16.0 Å². The van der Waals surface area contributed by atoms with Gasteiger partial charge < -0.3 is 25.8 Å². The summed E-state index contributed by atoms with van der Waals surface area (Å²) in [6, 6.07) is 5.61. The van der Waals surface area contributed by atoms with Gasteiger partial charge in [0.2, 0.25) is 0 Å². The molecule has 1 aromatic carbocycles. The second-order valence-electron chi connectivity index (χ2n) is 5.69. The van der Waals surface area contributed by atoms with E-state index in [0.717, 1.165) is 23.4 Å². The molecule has 0 saturated heterocycles. The molecule has 2 amide bonds. The van der Waals surface area contributed by atoms with Gasteiger partial charge in [0.1, 0.15) is 18.5 Å². The molecule has 1 rings (SSSR count). The standard InChI is InChI=1S/C17H29N3O3/c1-5-13-9-14(20-17(22)18-6-2)7-8-16(13)23-11-15(21)10-19-12(3)4/h7-9,12,15,19,21H,5-6,10-11H2,1-4H3,(H2,18,20,22)/t15-/m0/s1. The summed E-state index contributed by atoms with van der Waals surface area (Å²) < 4.78 is 5.71. The summed E-state index contributed by atoms with van der Waals surface area (Å²) in [5.74, 6) is 0.734. The zero-order valence-electron chi connectivity index (χ0n) is 14.5. The largest absolute Gasteiger partial charge is 0.491 e. The molecule has 1 aromatic rings. The molecule has 0 saturated carbocycles. The molecule has 6 nitrogen and oxygen atoms in total. The fourth-order valence-electron chi connectivity index (χ4n) is 2.03. The molecule has 0 radical (unpaired) electrons. The van der Waals surface area contributed by atoms with Crippen LogP contribution in [0.25, 0.3) is 0 Å². The van der Waals surface area contributed by atoms with Gasteiger partial charge in [0.15, 0.2) is 0 Å². The van der Waals surface area contributed by atoms with Crippen LogP contribution in [0, 0.1) is 0 Å². The Bertz CT molecular complexity index is 492. The van der Waals surface area contributed by atoms with E-state index in [1.807, 2.05) is 39.8 Å². The zero-order valence-corrected chi connectivity index (χ0v) is 14.5. The molecular weight excluding hydrogens is 294 g/mol. The van der Waals surface area contributed by atoms with E-state index in [-0.39, 0.29) is 12.6 Å². The Labute approximate surface area is 138 Å². The van der Waals surface area contributed by atoms with Crippen molar-refractivity contribution in [1.82, 2.24) is 10.6 Å². The van der Waals surface area contributed by atoms with E-state index in [9.17, 15) is 9.90 Å². The molecule has 4 N–H and O–H groups in total. The second kappa shape index (κ2) is 10.1. The molecule has 0 aromatic heterocycles. The van der Waals surface area contributed by atoms with Gasteiger partial charge in [-0.2, -0.15) is 0 Å². The number of hydrogen-bond acceptors (Lipinski definition) is 4. The first-order valence-electron chi connectivity index (χ1n) is 8.18. The minimum atomic E-state index is -0.560. The summed E-state index contributed by atoms with van der Waals surface area (Å²) >= 11 is 0. The van der Waals surface area contributed by atoms with E-state index in [4.69, 9.17) is 4.74 Å². The lowest BCUT2D eigenvalue weighted by Gasteiger charge is -2.17. The van der Waals surface area contributed by atoms with E-state index < -0.39 is 6.10 Å². The van der Waals surface area contributed by atoms with Gasteiger partial charge in [-0.3, -0.25) is 0 Å². The molecule has 1 atom stereocenters. The smallest absolute Gasteiger partial charge is 0.319 e. The third-order valence-corrected chi connectivity index (χ3v) is 3.23. The van der Waals surface area contributed by atoms with E-state index in [0.29, 0.717) is 19.1 Å². The van der Waals surface area contributed by atoms with Crippen LogP contribution in [0.5, 0.6) is 5.75 Å². The number of rotatable bonds is 9. The molecule has 0 bridgehead atoms. The van der Waals surface area contributed by atoms with Crippen molar-refractivity contribution in [3.63, 3.8) is 0 Å². The van der Waals surface area contributed by atoms with Crippen molar-refractivity contribution in [3.05, 3.63) is 23.8 Å². The summed E-state index contributed by atoms with van der Waals surface area (Å²) in [5, 5.41) is 18.5. The van der Waals surface area contributed by atoms with Crippen molar-refractivity contribution < 1.29 is 14.6 Å². The van der Waals surface area contributed by atoms with Gasteiger partial charge in [-0.05, 0) is 37.1 Å². The number of carbonyl (C=O) groups excluding carboxylic acids is 1. The van der Waals surface area contributed by atoms with Crippen LogP contribution in [0.2, 0.25) is 0 Å². The second-order valence-corrected chi connectivity index (χ2v) is 5.69. The molecule has 0 aliphatic rings. The van der Waals surface area contributed by atoms with Crippen LogP contribution in [0.1, 0.15) is 33.3 Å². The average Bonchev–Trinajstić information content (AvgIpc) is 2.51. The molecule has 23 heavy (non-hydrogen) atoms. The van der Waals surface area contributed by atoms with Gasteiger partial charge in [-0.1, -0.05) is 20.8 Å². The summed E-state index contributed by atoms with van der Waals surface area (Å²) in [5.41, 5.74) is 1.71. The highest BCUT2D eigenvalue weighted by Crippen LogP contribution is 2.23. The maximum atomic E-state index is 11.5. The molecule has 0 heterocycles. The zero-order chi connectivity index (χ0) is 17.2. The summed E-state index contributed by atoms with van der Waals surface area (Å²) in [7, 11) is 0. The number of aliphatic hydroxyl groups is 1. The van der Waals surface area contributed by atoms with Gasteiger partial charge in [0.25, 0.3) is 0 Å². The lowest BCUT2D eigenvalue weighted by atomic mass is 10.1. The fourth-order valence-corrected chi connectivity index (χ4v) is 2.03. The van der Waals surface area contributed by atoms with Crippen molar-refractivity contribution in [2.24, 2.45) is 0 Å². The van der Waals surface area contributed by atoms with Crippen molar-refractivity contribution in [1.29, 1.82) is 0 Å². The highest BCUT2D eigenvalue weighted by molar-refractivity contribution is 5.89. The topological polar surface area (TPSA) is 82.6 Å². The van der Waals surface area contributed by atoms with E-state index >= 15 is 0 Å². The number of ether oxygens (including phenoxy) is 1. The van der Waals surface area contributed by atoms with Crippen molar-refractivity contribution >= 4 is 11.7 Å². The summed E-state index contributed by atoms with van der Waals surface area (Å²) in [6.45, 7) is 9.26. The highest BCUT2D eigenvalue weighted by atomic mass is 16.5. The summed E-state index contributed by atoms with van der Waals surface area (Å²) in [4.78, 5) is 11.5. The Morgan fingerprint density at radius 1 is 1.30 bits per heavy atom. The van der Waals surface area contributed by atoms with Crippen LogP contribution >= 0.6 is 0 Å². The first-order chi connectivity index (χ1) is 11.0. The minimum absolute atomic E-state index is 0.224. The van der Waals surface area contributed by atoms with E-state index in [1.54, 1.807) is 6.07 Å². The molecule has 0 unspecified atom stereocenters. The van der Waals surface area contributed by atoms with Gasteiger partial charge in [0, 0.05) is 24.8 Å². The number of urea groups is 1. The molecular formula is C17H29N3O3. The number of amides is 2. The Kier molecular flexibility index (Phi) is 8.43. The van der Waals surface area contributed by atoms with Crippen LogP contribution in [0.4, 0.5) is 10.5 Å². The Morgan fingerprint density at radius 3 is 2.65 bits per heavy atom. The molecule has 6 heteroatoms. The lowest BCUT2D eigenvalue weighted by molar-refractivity contribution is 0.104. The number of anilines is 1. The quantitative estimate of drug-likeness (QED) is 0.561. The van der Waals surface area contributed by atoms with Crippen molar-refractivity contribution in [2.75, 3.05) is 25.0 Å². The Hall–Kier alpha value is -1.79. The third kappa shape index (κ3) is 7.34. The molecule has 130 valence electrons. The van der Waals surface area contributed by atoms with Crippen LogP contribution in [0.3, 0.4) is 0 Å². The normalized spacial score (nSPS) is 12.1. The molecule has 0 fully saturated rings. The maximum absolute atomic E-state index is 11.5. The Balaban J connectivity index is 2.60. The monoisotopic (exact) mass is 323 g/mol. The Morgan fingerprint density at radius 2 is 2.04 bits per heavy atom. The number of carbonyl (C=O) groups is 1. The minimum Gasteiger partial charge on any atom is -0.491 e. The van der Waals surface area contributed by atoms with Crippen molar-refractivity contribution in [3.8, 4) is 5.75 Å². The number of aliphatic hydroxyl groups excluding tert-OH is 1. The van der Waals surface area contributed by atoms with E-state index in [1.165, 1.54) is 0 Å². The van der Waals surface area contributed by atoms with Crippen LogP contribution < -0.4 is 20.7 Å². The number of hydrogen-bond donors (Lipinski definition) is 4. The molecule has 0 spiro atoms. The predicted molar refractivity (Wildman–Crippen MR) is 93.2 cm³/mol. The average molecular weight is 323 g/mol. The van der Waals surface area contributed by atoms with Crippen molar-refractivity contribution in [2.45, 2.75) is 46.3 Å². The number of benzene rings is 1. The SMILES string of the molecule is CCNC(=O)Nc1ccc(OC[C@@H](O)CNC(C)C)c(CC)c1. The first-order valence-corrected chi connectivity index (χ1v) is 8.18.